The smallest absolute Gasteiger partial charge is 0.278 e. The Balaban J connectivity index is 1.45. The molecule has 2 heterocycles. The molecule has 0 spiro atoms. The molecule has 3 N–H and O–H groups in total. The van der Waals surface area contributed by atoms with E-state index in [4.69, 9.17) is 0 Å². The number of H-pyrrole nitrogens is 1. The van der Waals surface area contributed by atoms with Crippen LogP contribution in [0.25, 0.3) is 21.8 Å². The number of amides is 2. The largest absolute Gasteiger partial charge is 0.360 e. The molecule has 0 unspecified atom stereocenters. The highest BCUT2D eigenvalue weighted by Crippen LogP contribution is 2.17. The molecule has 0 fully saturated rings. The lowest BCUT2D eigenvalue weighted by molar-refractivity contribution is -0.122. The van der Waals surface area contributed by atoms with Crippen molar-refractivity contribution in [2.24, 2.45) is 0 Å². The number of hydrogen-bond donors (Lipinski definition) is 3. The van der Waals surface area contributed by atoms with Crippen molar-refractivity contribution in [3.63, 3.8) is 0 Å². The zero-order chi connectivity index (χ0) is 18.8. The molecule has 9 heteroatoms. The van der Waals surface area contributed by atoms with Gasteiger partial charge in [-0.2, -0.15) is 0 Å². The van der Waals surface area contributed by atoms with Crippen LogP contribution in [0.2, 0.25) is 0 Å². The molecule has 0 aliphatic rings. The summed E-state index contributed by atoms with van der Waals surface area (Å²) in [6.07, 6.45) is 1.56. The lowest BCUT2D eigenvalue weighted by atomic mass is 10.2. The van der Waals surface area contributed by atoms with Gasteiger partial charge in [-0.15, -0.1) is 5.10 Å². The molecule has 2 aromatic heterocycles. The van der Waals surface area contributed by atoms with Crippen molar-refractivity contribution in [3.8, 4) is 0 Å². The third-order valence-corrected chi connectivity index (χ3v) is 4.07. The third-order valence-electron chi connectivity index (χ3n) is 4.07. The van der Waals surface area contributed by atoms with E-state index in [0.717, 1.165) is 15.6 Å². The Labute approximate surface area is 152 Å². The van der Waals surface area contributed by atoms with E-state index >= 15 is 0 Å². The first kappa shape index (κ1) is 16.5. The summed E-state index contributed by atoms with van der Waals surface area (Å²) in [5, 5.41) is 8.75. The number of hydrogen-bond acceptors (Lipinski definition) is 5. The van der Waals surface area contributed by atoms with Crippen molar-refractivity contribution in [1.82, 2.24) is 30.8 Å². The molecule has 4 aromatic rings. The van der Waals surface area contributed by atoms with E-state index in [0.29, 0.717) is 16.5 Å². The van der Waals surface area contributed by atoms with Gasteiger partial charge in [0, 0.05) is 17.1 Å². The maximum Gasteiger partial charge on any atom is 0.278 e. The summed E-state index contributed by atoms with van der Waals surface area (Å²) in [6.45, 7) is -0.370. The van der Waals surface area contributed by atoms with E-state index in [1.165, 1.54) is 0 Å². The highest BCUT2D eigenvalue weighted by atomic mass is 16.2. The Hall–Kier alpha value is -4.01. The van der Waals surface area contributed by atoms with Crippen molar-refractivity contribution in [3.05, 3.63) is 70.6 Å². The molecular formula is C18H14N6O3. The van der Waals surface area contributed by atoms with E-state index in [1.54, 1.807) is 36.5 Å². The van der Waals surface area contributed by atoms with Crippen molar-refractivity contribution in [1.29, 1.82) is 0 Å². The number of aromatic nitrogens is 4. The molecule has 27 heavy (non-hydrogen) atoms. The second kappa shape index (κ2) is 6.71. The first-order valence-electron chi connectivity index (χ1n) is 8.11. The van der Waals surface area contributed by atoms with E-state index < -0.39 is 17.4 Å². The fourth-order valence-corrected chi connectivity index (χ4v) is 2.76. The SMILES string of the molecule is O=C(Cn1nnc2ccccc2c1=O)NNC(=O)c1c[nH]c2ccccc12. The number of hydrazine groups is 1. The summed E-state index contributed by atoms with van der Waals surface area (Å²) < 4.78 is 0.940. The zero-order valence-electron chi connectivity index (χ0n) is 14.0. The van der Waals surface area contributed by atoms with Gasteiger partial charge in [0.15, 0.2) is 0 Å². The van der Waals surface area contributed by atoms with Gasteiger partial charge in [0.05, 0.1) is 10.9 Å². The second-order valence-electron chi connectivity index (χ2n) is 5.82. The van der Waals surface area contributed by atoms with Crippen LogP contribution in [0, 0.1) is 0 Å². The Kier molecular flexibility index (Phi) is 4.09. The van der Waals surface area contributed by atoms with Crippen molar-refractivity contribution in [2.75, 3.05) is 0 Å². The summed E-state index contributed by atoms with van der Waals surface area (Å²) in [7, 11) is 0. The van der Waals surface area contributed by atoms with Crippen molar-refractivity contribution < 1.29 is 9.59 Å². The van der Waals surface area contributed by atoms with Gasteiger partial charge in [0.1, 0.15) is 12.1 Å². The van der Waals surface area contributed by atoms with Gasteiger partial charge in [-0.05, 0) is 18.2 Å². The van der Waals surface area contributed by atoms with E-state index in [9.17, 15) is 14.4 Å². The summed E-state index contributed by atoms with van der Waals surface area (Å²) >= 11 is 0. The Bertz CT molecular complexity index is 1230. The molecule has 134 valence electrons. The summed E-state index contributed by atoms with van der Waals surface area (Å²) in [6, 6.07) is 14.0. The standard InChI is InChI=1S/C18H14N6O3/c25-16(10-24-18(27)12-6-2-4-8-15(12)20-23-24)21-22-17(26)13-9-19-14-7-3-1-5-11(13)14/h1-9,19H,10H2,(H,21,25)(H,22,26). The van der Waals surface area contributed by atoms with E-state index in [1.807, 2.05) is 18.2 Å². The average Bonchev–Trinajstić information content (AvgIpc) is 3.13. The van der Waals surface area contributed by atoms with Crippen LogP contribution in [0.3, 0.4) is 0 Å². The first-order chi connectivity index (χ1) is 13.1. The number of nitrogens with one attached hydrogen (secondary N) is 3. The maximum absolute atomic E-state index is 12.3. The van der Waals surface area contributed by atoms with E-state index in [2.05, 4.69) is 26.1 Å². The highest BCUT2D eigenvalue weighted by molar-refractivity contribution is 6.07. The van der Waals surface area contributed by atoms with Gasteiger partial charge >= 0.3 is 0 Å². The number of nitrogens with zero attached hydrogens (tertiary/aromatic N) is 3. The first-order valence-corrected chi connectivity index (χ1v) is 8.11. The summed E-state index contributed by atoms with van der Waals surface area (Å²) in [4.78, 5) is 39.7. The van der Waals surface area contributed by atoms with Crippen LogP contribution >= 0.6 is 0 Å². The molecule has 9 nitrogen and oxygen atoms in total. The number of benzene rings is 2. The van der Waals surface area contributed by atoms with E-state index in [-0.39, 0.29) is 6.54 Å². The predicted octanol–water partition coefficient (Wildman–Crippen LogP) is 0.734. The van der Waals surface area contributed by atoms with Crippen molar-refractivity contribution >= 4 is 33.6 Å². The summed E-state index contributed by atoms with van der Waals surface area (Å²) in [5.74, 6) is -1.08. The molecule has 0 bridgehead atoms. The van der Waals surface area contributed by atoms with Gasteiger partial charge in [-0.25, -0.2) is 4.68 Å². The van der Waals surface area contributed by atoms with Crippen LogP contribution in [-0.2, 0) is 11.3 Å². The van der Waals surface area contributed by atoms with Gasteiger partial charge in [-0.3, -0.25) is 25.2 Å². The molecule has 0 aliphatic heterocycles. The molecule has 0 saturated carbocycles. The number of carbonyl (C=O) groups excluding carboxylic acids is 2. The molecule has 2 amide bonds. The van der Waals surface area contributed by atoms with Crippen LogP contribution < -0.4 is 16.4 Å². The monoisotopic (exact) mass is 362 g/mol. The Morgan fingerprint density at radius 1 is 1.00 bits per heavy atom. The minimum Gasteiger partial charge on any atom is -0.360 e. The molecular weight excluding hydrogens is 348 g/mol. The van der Waals surface area contributed by atoms with Crippen LogP contribution in [-0.4, -0.2) is 31.8 Å². The van der Waals surface area contributed by atoms with Crippen LogP contribution in [0.1, 0.15) is 10.4 Å². The second-order valence-corrected chi connectivity index (χ2v) is 5.82. The lowest BCUT2D eigenvalue weighted by Crippen LogP contribution is -2.44. The highest BCUT2D eigenvalue weighted by Gasteiger charge is 2.14. The molecule has 0 radical (unpaired) electrons. The predicted molar refractivity (Wildman–Crippen MR) is 97.7 cm³/mol. The molecule has 0 saturated heterocycles. The number of aromatic amines is 1. The summed E-state index contributed by atoms with van der Waals surface area (Å²) in [5.41, 5.74) is 5.84. The molecule has 2 aromatic carbocycles. The normalized spacial score (nSPS) is 10.8. The zero-order valence-corrected chi connectivity index (χ0v) is 14.0. The fourth-order valence-electron chi connectivity index (χ4n) is 2.76. The third kappa shape index (κ3) is 3.13. The number of para-hydroxylation sites is 1. The topological polar surface area (TPSA) is 122 Å². The lowest BCUT2D eigenvalue weighted by Gasteiger charge is -2.08. The Morgan fingerprint density at radius 3 is 2.59 bits per heavy atom. The molecule has 4 rings (SSSR count). The maximum atomic E-state index is 12.3. The van der Waals surface area contributed by atoms with Crippen LogP contribution in [0.15, 0.2) is 59.5 Å². The minimum atomic E-state index is -0.602. The quantitative estimate of drug-likeness (QED) is 0.464. The fraction of sp³-hybridized carbons (Fsp3) is 0.0556. The van der Waals surface area contributed by atoms with Crippen LogP contribution in [0.5, 0.6) is 0 Å². The number of fused-ring (bicyclic) bond motifs is 2. The van der Waals surface area contributed by atoms with Gasteiger partial charge in [-0.1, -0.05) is 35.5 Å². The average molecular weight is 362 g/mol. The van der Waals surface area contributed by atoms with Gasteiger partial charge in [0.2, 0.25) is 0 Å². The number of carbonyl (C=O) groups is 2. The van der Waals surface area contributed by atoms with Crippen LogP contribution in [0.4, 0.5) is 0 Å². The van der Waals surface area contributed by atoms with Gasteiger partial charge in [0.25, 0.3) is 17.4 Å². The number of rotatable bonds is 3. The molecule has 0 atom stereocenters. The minimum absolute atomic E-state index is 0.364. The van der Waals surface area contributed by atoms with Crippen molar-refractivity contribution in [2.45, 2.75) is 6.54 Å². The van der Waals surface area contributed by atoms with Gasteiger partial charge < -0.3 is 4.98 Å². The Morgan fingerprint density at radius 2 is 1.74 bits per heavy atom. The molecule has 0 aliphatic carbocycles.